The summed E-state index contributed by atoms with van der Waals surface area (Å²) >= 11 is 0. The van der Waals surface area contributed by atoms with Crippen LogP contribution in [0.25, 0.3) is 0 Å². The molecule has 0 saturated heterocycles. The molecule has 1 fully saturated rings. The summed E-state index contributed by atoms with van der Waals surface area (Å²) in [6.07, 6.45) is 7.58. The van der Waals surface area contributed by atoms with Crippen molar-refractivity contribution in [2.75, 3.05) is 6.54 Å². The number of nitrogens with one attached hydrogen (secondary N) is 1. The normalized spacial score (nSPS) is 21.0. The largest absolute Gasteiger partial charge is 0.312 e. The number of hydrogen-bond donors (Lipinski definition) is 1. The van der Waals surface area contributed by atoms with Crippen LogP contribution in [0.2, 0.25) is 0 Å². The molecule has 1 aliphatic heterocycles. The van der Waals surface area contributed by atoms with Crippen molar-refractivity contribution in [1.82, 2.24) is 9.88 Å². The second-order valence-electron chi connectivity index (χ2n) is 4.90. The number of fused-ring (bicyclic) bond motifs is 1. The highest BCUT2D eigenvalue weighted by Crippen LogP contribution is 2.27. The van der Waals surface area contributed by atoms with E-state index in [1.165, 1.54) is 24.1 Å². The van der Waals surface area contributed by atoms with Crippen molar-refractivity contribution in [3.63, 3.8) is 0 Å². The minimum atomic E-state index is 0.284. The zero-order valence-electron chi connectivity index (χ0n) is 9.54. The van der Waals surface area contributed by atoms with E-state index >= 15 is 0 Å². The summed E-state index contributed by atoms with van der Waals surface area (Å²) < 4.78 is 1.92. The number of hydrogen-bond acceptors (Lipinski definition) is 2. The van der Waals surface area contributed by atoms with Gasteiger partial charge in [-0.15, -0.1) is 0 Å². The Morgan fingerprint density at radius 2 is 2.19 bits per heavy atom. The van der Waals surface area contributed by atoms with Gasteiger partial charge in [0.2, 0.25) is 5.91 Å². The van der Waals surface area contributed by atoms with E-state index in [2.05, 4.69) is 11.4 Å². The molecule has 2 aliphatic rings. The topological polar surface area (TPSA) is 34.0 Å². The van der Waals surface area contributed by atoms with Crippen LogP contribution in [-0.4, -0.2) is 17.0 Å². The van der Waals surface area contributed by atoms with Gasteiger partial charge >= 0.3 is 0 Å². The standard InChI is InChI=1S/C13H18N2O/c16-13(10-3-1-2-4-10)15-8-6-11-9-14-7-5-12(11)15/h6,8,10,14H,1-5,7,9H2. The van der Waals surface area contributed by atoms with E-state index in [4.69, 9.17) is 0 Å². The summed E-state index contributed by atoms with van der Waals surface area (Å²) in [7, 11) is 0. The third-order valence-electron chi connectivity index (χ3n) is 3.88. The van der Waals surface area contributed by atoms with E-state index in [0.717, 1.165) is 32.4 Å². The summed E-state index contributed by atoms with van der Waals surface area (Å²) in [5, 5.41) is 3.34. The van der Waals surface area contributed by atoms with Crippen LogP contribution in [0, 0.1) is 5.92 Å². The third kappa shape index (κ3) is 1.59. The maximum Gasteiger partial charge on any atom is 0.233 e. The molecule has 86 valence electrons. The minimum Gasteiger partial charge on any atom is -0.312 e. The molecule has 1 aromatic heterocycles. The number of nitrogens with zero attached hydrogens (tertiary/aromatic N) is 1. The van der Waals surface area contributed by atoms with Crippen LogP contribution in [-0.2, 0) is 13.0 Å². The highest BCUT2D eigenvalue weighted by molar-refractivity contribution is 5.82. The van der Waals surface area contributed by atoms with Crippen LogP contribution in [0.1, 0.15) is 41.7 Å². The molecule has 1 N–H and O–H groups in total. The predicted molar refractivity (Wildman–Crippen MR) is 62.4 cm³/mol. The van der Waals surface area contributed by atoms with Crippen molar-refractivity contribution < 1.29 is 4.79 Å². The average molecular weight is 218 g/mol. The second kappa shape index (κ2) is 4.06. The van der Waals surface area contributed by atoms with Gasteiger partial charge in [-0.25, -0.2) is 0 Å². The maximum atomic E-state index is 12.3. The molecule has 3 heteroatoms. The van der Waals surface area contributed by atoms with Crippen LogP contribution in [0.15, 0.2) is 12.3 Å². The first-order chi connectivity index (χ1) is 7.86. The molecule has 0 aromatic carbocycles. The number of carbonyl (C=O) groups is 1. The maximum absolute atomic E-state index is 12.3. The van der Waals surface area contributed by atoms with Crippen LogP contribution in [0.5, 0.6) is 0 Å². The summed E-state index contributed by atoms with van der Waals surface area (Å²) in [5.74, 6) is 0.618. The van der Waals surface area contributed by atoms with E-state index in [-0.39, 0.29) is 5.92 Å². The molecule has 0 spiro atoms. The summed E-state index contributed by atoms with van der Waals surface area (Å²) in [5.41, 5.74) is 2.55. The molecule has 0 amide bonds. The van der Waals surface area contributed by atoms with Crippen LogP contribution in [0.4, 0.5) is 0 Å². The highest BCUT2D eigenvalue weighted by atomic mass is 16.2. The first-order valence-corrected chi connectivity index (χ1v) is 6.30. The Bertz CT molecular complexity index is 402. The van der Waals surface area contributed by atoms with Gasteiger partial charge in [0.15, 0.2) is 0 Å². The van der Waals surface area contributed by atoms with Crippen LogP contribution < -0.4 is 5.32 Å². The lowest BCUT2D eigenvalue weighted by molar-refractivity contribution is 0.0833. The minimum absolute atomic E-state index is 0.284. The fourth-order valence-corrected chi connectivity index (χ4v) is 2.95. The Morgan fingerprint density at radius 3 is 3.00 bits per heavy atom. The summed E-state index contributed by atoms with van der Waals surface area (Å²) in [4.78, 5) is 12.3. The molecule has 0 atom stereocenters. The summed E-state index contributed by atoms with van der Waals surface area (Å²) in [6.45, 7) is 1.91. The molecule has 3 nitrogen and oxygen atoms in total. The van der Waals surface area contributed by atoms with Gasteiger partial charge in [-0.1, -0.05) is 12.8 Å². The van der Waals surface area contributed by atoms with E-state index < -0.39 is 0 Å². The van der Waals surface area contributed by atoms with Crippen molar-refractivity contribution in [1.29, 1.82) is 0 Å². The van der Waals surface area contributed by atoms with Gasteiger partial charge in [-0.3, -0.25) is 9.36 Å². The number of aromatic nitrogens is 1. The van der Waals surface area contributed by atoms with E-state index in [9.17, 15) is 4.79 Å². The smallest absolute Gasteiger partial charge is 0.233 e. The van der Waals surface area contributed by atoms with Crippen molar-refractivity contribution in [2.45, 2.75) is 38.6 Å². The lowest BCUT2D eigenvalue weighted by atomic mass is 10.1. The Morgan fingerprint density at radius 1 is 1.38 bits per heavy atom. The Labute approximate surface area is 95.8 Å². The van der Waals surface area contributed by atoms with Gasteiger partial charge < -0.3 is 5.32 Å². The molecule has 1 aromatic rings. The van der Waals surface area contributed by atoms with Crippen LogP contribution in [0.3, 0.4) is 0 Å². The fourth-order valence-electron chi connectivity index (χ4n) is 2.95. The average Bonchev–Trinajstić information content (AvgIpc) is 2.98. The predicted octanol–water partition coefficient (Wildman–Crippen LogP) is 1.96. The molecule has 0 unspecified atom stereocenters. The lowest BCUT2D eigenvalue weighted by Gasteiger charge is -2.17. The van der Waals surface area contributed by atoms with E-state index in [1.807, 2.05) is 10.8 Å². The Hall–Kier alpha value is -1.09. The third-order valence-corrected chi connectivity index (χ3v) is 3.88. The van der Waals surface area contributed by atoms with Gasteiger partial charge in [0.1, 0.15) is 0 Å². The molecular formula is C13H18N2O. The van der Waals surface area contributed by atoms with Crippen LogP contribution >= 0.6 is 0 Å². The second-order valence-corrected chi connectivity index (χ2v) is 4.90. The van der Waals surface area contributed by atoms with Gasteiger partial charge in [0, 0.05) is 37.3 Å². The van der Waals surface area contributed by atoms with Gasteiger partial charge in [-0.2, -0.15) is 0 Å². The van der Waals surface area contributed by atoms with Crippen molar-refractivity contribution >= 4 is 5.91 Å². The summed E-state index contributed by atoms with van der Waals surface area (Å²) in [6, 6.07) is 2.09. The Kier molecular flexibility index (Phi) is 2.56. The molecular weight excluding hydrogens is 200 g/mol. The highest BCUT2D eigenvalue weighted by Gasteiger charge is 2.26. The van der Waals surface area contributed by atoms with Crippen molar-refractivity contribution in [3.8, 4) is 0 Å². The Balaban J connectivity index is 1.88. The van der Waals surface area contributed by atoms with Crippen molar-refractivity contribution in [2.24, 2.45) is 5.92 Å². The molecule has 1 aliphatic carbocycles. The fraction of sp³-hybridized carbons (Fsp3) is 0.615. The van der Waals surface area contributed by atoms with Gasteiger partial charge in [-0.05, 0) is 24.5 Å². The first kappa shape index (κ1) is 10.1. The molecule has 1 saturated carbocycles. The monoisotopic (exact) mass is 218 g/mol. The zero-order valence-corrected chi connectivity index (χ0v) is 9.54. The van der Waals surface area contributed by atoms with E-state index in [1.54, 1.807) is 0 Å². The van der Waals surface area contributed by atoms with Gasteiger partial charge in [0.25, 0.3) is 0 Å². The number of rotatable bonds is 1. The quantitative estimate of drug-likeness (QED) is 0.782. The SMILES string of the molecule is O=C(C1CCCC1)n1ccc2c1CCNC2. The molecule has 2 heterocycles. The van der Waals surface area contributed by atoms with Gasteiger partial charge in [0.05, 0.1) is 0 Å². The lowest BCUT2D eigenvalue weighted by Crippen LogP contribution is -2.28. The molecule has 16 heavy (non-hydrogen) atoms. The first-order valence-electron chi connectivity index (χ1n) is 6.30. The van der Waals surface area contributed by atoms with Crippen molar-refractivity contribution in [3.05, 3.63) is 23.5 Å². The number of carbonyl (C=O) groups excluding carboxylic acids is 1. The molecule has 0 bridgehead atoms. The molecule has 0 radical (unpaired) electrons. The zero-order chi connectivity index (χ0) is 11.0. The molecule has 3 rings (SSSR count). The van der Waals surface area contributed by atoms with E-state index in [0.29, 0.717) is 5.91 Å².